The Bertz CT molecular complexity index is 1540. The Morgan fingerprint density at radius 3 is 1.14 bits per heavy atom. The minimum absolute atomic E-state index is 0.695. The van der Waals surface area contributed by atoms with Crippen molar-refractivity contribution in [3.8, 4) is 11.4 Å². The second-order valence-corrected chi connectivity index (χ2v) is 11.9. The van der Waals surface area contributed by atoms with Crippen molar-refractivity contribution in [2.75, 3.05) is 11.5 Å². The molecule has 0 amide bonds. The van der Waals surface area contributed by atoms with Crippen LogP contribution in [0.25, 0.3) is 11.4 Å². The summed E-state index contributed by atoms with van der Waals surface area (Å²) < 4.78 is 4.38. The first-order valence-electron chi connectivity index (χ1n) is 14.2. The molecule has 0 N–H and O–H groups in total. The Labute approximate surface area is 255 Å². The molecule has 0 saturated heterocycles. The fourth-order valence-corrected chi connectivity index (χ4v) is 6.74. The van der Waals surface area contributed by atoms with Gasteiger partial charge in [-0.2, -0.15) is 0 Å². The SMILES string of the molecule is c1ccc(CCSc2nnc(CCc3nnc(SCCc4ccccc4)n3-c3ccccc3)n2-c2ccccc2)cc1. The highest BCUT2D eigenvalue weighted by molar-refractivity contribution is 7.99. The highest BCUT2D eigenvalue weighted by Crippen LogP contribution is 2.26. The number of benzene rings is 4. The van der Waals surface area contributed by atoms with E-state index in [4.69, 9.17) is 0 Å². The summed E-state index contributed by atoms with van der Waals surface area (Å²) in [7, 11) is 0. The monoisotopic (exact) mass is 588 g/mol. The summed E-state index contributed by atoms with van der Waals surface area (Å²) in [6, 6.07) is 41.9. The molecule has 0 radical (unpaired) electrons. The molecule has 2 aromatic heterocycles. The van der Waals surface area contributed by atoms with Crippen LogP contribution in [-0.4, -0.2) is 41.0 Å². The van der Waals surface area contributed by atoms with Crippen LogP contribution in [0.1, 0.15) is 22.8 Å². The molecule has 6 aromatic rings. The third-order valence-corrected chi connectivity index (χ3v) is 8.79. The first-order valence-corrected chi connectivity index (χ1v) is 16.1. The summed E-state index contributed by atoms with van der Waals surface area (Å²) in [6.45, 7) is 0. The number of aryl methyl sites for hydroxylation is 4. The zero-order chi connectivity index (χ0) is 28.4. The van der Waals surface area contributed by atoms with E-state index >= 15 is 0 Å². The molecular weight excluding hydrogens is 557 g/mol. The number of hydrogen-bond acceptors (Lipinski definition) is 6. The van der Waals surface area contributed by atoms with E-state index in [2.05, 4.69) is 139 Å². The number of hydrogen-bond donors (Lipinski definition) is 0. The van der Waals surface area contributed by atoms with Crippen LogP contribution in [-0.2, 0) is 25.7 Å². The summed E-state index contributed by atoms with van der Waals surface area (Å²) in [5.41, 5.74) is 4.80. The van der Waals surface area contributed by atoms with Crippen molar-refractivity contribution in [1.82, 2.24) is 29.5 Å². The average molecular weight is 589 g/mol. The minimum atomic E-state index is 0.695. The van der Waals surface area contributed by atoms with Gasteiger partial charge in [0.2, 0.25) is 0 Å². The molecule has 8 heteroatoms. The quantitative estimate of drug-likeness (QED) is 0.132. The maximum absolute atomic E-state index is 4.66. The average Bonchev–Trinajstić information content (AvgIpc) is 3.65. The lowest BCUT2D eigenvalue weighted by Gasteiger charge is -2.12. The molecule has 42 heavy (non-hydrogen) atoms. The molecule has 0 spiro atoms. The van der Waals surface area contributed by atoms with Crippen LogP contribution >= 0.6 is 23.5 Å². The Balaban J connectivity index is 1.21. The van der Waals surface area contributed by atoms with Crippen LogP contribution < -0.4 is 0 Å². The third-order valence-electron chi connectivity index (χ3n) is 6.93. The van der Waals surface area contributed by atoms with E-state index in [-0.39, 0.29) is 0 Å². The van der Waals surface area contributed by atoms with Gasteiger partial charge in [-0.25, -0.2) is 0 Å². The van der Waals surface area contributed by atoms with Crippen LogP contribution in [0.5, 0.6) is 0 Å². The molecule has 0 aliphatic rings. The molecule has 2 heterocycles. The molecule has 0 unspecified atom stereocenters. The highest BCUT2D eigenvalue weighted by atomic mass is 32.2. The van der Waals surface area contributed by atoms with Gasteiger partial charge in [0.25, 0.3) is 0 Å². The molecule has 0 saturated carbocycles. The van der Waals surface area contributed by atoms with E-state index in [1.807, 2.05) is 12.1 Å². The maximum atomic E-state index is 4.66. The number of rotatable bonds is 13. The van der Waals surface area contributed by atoms with Gasteiger partial charge in [0.1, 0.15) is 11.6 Å². The van der Waals surface area contributed by atoms with Gasteiger partial charge in [-0.3, -0.25) is 9.13 Å². The molecule has 6 nitrogen and oxygen atoms in total. The molecule has 6 rings (SSSR count). The summed E-state index contributed by atoms with van der Waals surface area (Å²) in [6.07, 6.45) is 3.35. The first kappa shape index (κ1) is 28.0. The number of thioether (sulfide) groups is 2. The molecule has 4 aromatic carbocycles. The number of aromatic nitrogens is 6. The Kier molecular flexibility index (Phi) is 9.44. The van der Waals surface area contributed by atoms with Crippen molar-refractivity contribution < 1.29 is 0 Å². The molecule has 0 bridgehead atoms. The fraction of sp³-hybridized carbons (Fsp3) is 0.176. The standard InChI is InChI=1S/C34H32N6S2/c1-5-13-27(14-6-1)23-25-41-33-37-35-31(39(33)29-17-9-3-10-18-29)21-22-32-36-38-34(40(32)30-19-11-4-12-20-30)42-26-24-28-15-7-2-8-16-28/h1-20H,21-26H2. The van der Waals surface area contributed by atoms with Crippen LogP contribution in [0.3, 0.4) is 0 Å². The predicted molar refractivity (Wildman–Crippen MR) is 172 cm³/mol. The predicted octanol–water partition coefficient (Wildman–Crippen LogP) is 7.30. The largest absolute Gasteiger partial charge is 0.274 e. The van der Waals surface area contributed by atoms with Gasteiger partial charge in [0.15, 0.2) is 10.3 Å². The first-order chi connectivity index (χ1) is 20.8. The van der Waals surface area contributed by atoms with Gasteiger partial charge in [-0.1, -0.05) is 121 Å². The van der Waals surface area contributed by atoms with E-state index in [0.717, 1.165) is 57.7 Å². The van der Waals surface area contributed by atoms with Gasteiger partial charge in [0, 0.05) is 35.7 Å². The second-order valence-electron chi connectivity index (χ2n) is 9.81. The molecule has 210 valence electrons. The van der Waals surface area contributed by atoms with Gasteiger partial charge < -0.3 is 0 Å². The van der Waals surface area contributed by atoms with E-state index in [1.165, 1.54) is 11.1 Å². The van der Waals surface area contributed by atoms with Crippen LogP contribution in [0.15, 0.2) is 132 Å². The normalized spacial score (nSPS) is 11.1. The minimum Gasteiger partial charge on any atom is -0.274 e. The van der Waals surface area contributed by atoms with Gasteiger partial charge in [-0.05, 0) is 48.2 Å². The van der Waals surface area contributed by atoms with Crippen LogP contribution in [0, 0.1) is 0 Å². The van der Waals surface area contributed by atoms with Gasteiger partial charge in [-0.15, -0.1) is 20.4 Å². The van der Waals surface area contributed by atoms with E-state index in [9.17, 15) is 0 Å². The van der Waals surface area contributed by atoms with Crippen molar-refractivity contribution >= 4 is 23.5 Å². The van der Waals surface area contributed by atoms with Crippen molar-refractivity contribution in [2.45, 2.75) is 36.0 Å². The molecular formula is C34H32N6S2. The number of nitrogens with zero attached hydrogens (tertiary/aromatic N) is 6. The lowest BCUT2D eigenvalue weighted by molar-refractivity contribution is 0.745. The maximum Gasteiger partial charge on any atom is 0.195 e. The van der Waals surface area contributed by atoms with Crippen molar-refractivity contribution in [2.24, 2.45) is 0 Å². The number of para-hydroxylation sites is 2. The van der Waals surface area contributed by atoms with Gasteiger partial charge >= 0.3 is 0 Å². The zero-order valence-electron chi connectivity index (χ0n) is 23.3. The molecule has 0 fully saturated rings. The van der Waals surface area contributed by atoms with Crippen molar-refractivity contribution in [3.05, 3.63) is 144 Å². The Morgan fingerprint density at radius 2 is 0.762 bits per heavy atom. The lowest BCUT2D eigenvalue weighted by Crippen LogP contribution is -2.08. The van der Waals surface area contributed by atoms with Crippen molar-refractivity contribution in [3.63, 3.8) is 0 Å². The Hall–Kier alpha value is -4.14. The summed E-state index contributed by atoms with van der Waals surface area (Å²) in [5, 5.41) is 20.4. The molecule has 0 aliphatic carbocycles. The van der Waals surface area contributed by atoms with Crippen LogP contribution in [0.4, 0.5) is 0 Å². The van der Waals surface area contributed by atoms with E-state index in [1.54, 1.807) is 23.5 Å². The van der Waals surface area contributed by atoms with Crippen LogP contribution in [0.2, 0.25) is 0 Å². The third kappa shape index (κ3) is 7.01. The lowest BCUT2D eigenvalue weighted by atomic mass is 10.2. The Morgan fingerprint density at radius 1 is 0.405 bits per heavy atom. The van der Waals surface area contributed by atoms with Crippen molar-refractivity contribution in [1.29, 1.82) is 0 Å². The van der Waals surface area contributed by atoms with E-state index < -0.39 is 0 Å². The highest BCUT2D eigenvalue weighted by Gasteiger charge is 2.18. The summed E-state index contributed by atoms with van der Waals surface area (Å²) >= 11 is 3.49. The summed E-state index contributed by atoms with van der Waals surface area (Å²) in [5.74, 6) is 3.70. The van der Waals surface area contributed by atoms with E-state index in [0.29, 0.717) is 12.8 Å². The fourth-order valence-electron chi connectivity index (χ4n) is 4.82. The summed E-state index contributed by atoms with van der Waals surface area (Å²) in [4.78, 5) is 0. The molecule has 0 aliphatic heterocycles. The van der Waals surface area contributed by atoms with Gasteiger partial charge in [0.05, 0.1) is 0 Å². The second kappa shape index (κ2) is 14.2. The zero-order valence-corrected chi connectivity index (χ0v) is 24.9. The topological polar surface area (TPSA) is 61.4 Å². The smallest absolute Gasteiger partial charge is 0.195 e. The molecule has 0 atom stereocenters.